The fourth-order valence-corrected chi connectivity index (χ4v) is 4.71. The summed E-state index contributed by atoms with van der Waals surface area (Å²) < 4.78 is 0. The number of hydrogen-bond acceptors (Lipinski definition) is 5. The topological polar surface area (TPSA) is 78.1 Å². The van der Waals surface area contributed by atoms with E-state index in [4.69, 9.17) is 0 Å². The van der Waals surface area contributed by atoms with Crippen molar-refractivity contribution >= 4 is 50.9 Å². The molecule has 2 N–H and O–H groups in total. The summed E-state index contributed by atoms with van der Waals surface area (Å²) in [5.41, 5.74) is 2.38. The molecule has 1 unspecified atom stereocenters. The molecule has 8 heteroatoms. The van der Waals surface area contributed by atoms with Crippen molar-refractivity contribution in [2.24, 2.45) is 0 Å². The molecule has 1 saturated heterocycles. The number of hydrogen-bond donors (Lipinski definition) is 2. The van der Waals surface area contributed by atoms with Gasteiger partial charge >= 0.3 is 0 Å². The highest BCUT2D eigenvalue weighted by Gasteiger charge is 2.36. The predicted molar refractivity (Wildman–Crippen MR) is 101 cm³/mol. The van der Waals surface area contributed by atoms with Crippen LogP contribution in [0.2, 0.25) is 0 Å². The molecule has 0 saturated carbocycles. The molecular weight excluding hydrogens is 356 g/mol. The van der Waals surface area contributed by atoms with Crippen LogP contribution in [0.4, 0.5) is 5.13 Å². The summed E-state index contributed by atoms with van der Waals surface area (Å²) in [5, 5.41) is 6.15. The van der Waals surface area contributed by atoms with Gasteiger partial charge in [0, 0.05) is 28.2 Å². The summed E-state index contributed by atoms with van der Waals surface area (Å²) in [5.74, 6) is 0.780. The molecule has 4 rings (SSSR count). The van der Waals surface area contributed by atoms with Crippen LogP contribution in [-0.4, -0.2) is 44.4 Å². The lowest BCUT2D eigenvalue weighted by Crippen LogP contribution is -2.44. The summed E-state index contributed by atoms with van der Waals surface area (Å²) in [7, 11) is 0. The average molecular weight is 372 g/mol. The second kappa shape index (κ2) is 6.53. The smallest absolute Gasteiger partial charge is 0.257 e. The third-order valence-electron chi connectivity index (χ3n) is 4.11. The number of para-hydroxylation sites is 1. The first-order valence-electron chi connectivity index (χ1n) is 7.81. The molecule has 6 nitrogen and oxygen atoms in total. The summed E-state index contributed by atoms with van der Waals surface area (Å²) >= 11 is 2.97. The van der Waals surface area contributed by atoms with Gasteiger partial charge in [-0.1, -0.05) is 18.2 Å². The van der Waals surface area contributed by atoms with Crippen molar-refractivity contribution in [3.63, 3.8) is 0 Å². The molecule has 1 fully saturated rings. The number of H-pyrrole nitrogens is 1. The van der Waals surface area contributed by atoms with Gasteiger partial charge in [0.15, 0.2) is 5.13 Å². The Kier molecular flexibility index (Phi) is 4.22. The van der Waals surface area contributed by atoms with Crippen LogP contribution in [0.1, 0.15) is 16.1 Å². The van der Waals surface area contributed by atoms with Crippen LogP contribution in [0.3, 0.4) is 0 Å². The van der Waals surface area contributed by atoms with E-state index in [9.17, 15) is 9.59 Å². The number of rotatable bonds is 3. The number of aromatic nitrogens is 2. The van der Waals surface area contributed by atoms with Crippen molar-refractivity contribution in [1.82, 2.24) is 14.9 Å². The van der Waals surface area contributed by atoms with Crippen molar-refractivity contribution < 1.29 is 9.59 Å². The molecular formula is C17H16N4O2S2. The van der Waals surface area contributed by atoms with E-state index in [0.717, 1.165) is 16.6 Å². The number of anilines is 1. The van der Waals surface area contributed by atoms with Gasteiger partial charge in [-0.05, 0) is 13.0 Å². The highest BCUT2D eigenvalue weighted by Crippen LogP contribution is 2.27. The second-order valence-electron chi connectivity index (χ2n) is 5.82. The summed E-state index contributed by atoms with van der Waals surface area (Å²) in [6.45, 7) is 1.88. The Bertz CT molecular complexity index is 949. The number of fused-ring (bicyclic) bond motifs is 1. The van der Waals surface area contributed by atoms with Crippen LogP contribution >= 0.6 is 23.1 Å². The van der Waals surface area contributed by atoms with Crippen LogP contribution in [0.25, 0.3) is 10.9 Å². The van der Waals surface area contributed by atoms with E-state index in [1.165, 1.54) is 11.3 Å². The van der Waals surface area contributed by atoms with Crippen LogP contribution in [0.5, 0.6) is 0 Å². The van der Waals surface area contributed by atoms with E-state index in [-0.39, 0.29) is 11.8 Å². The van der Waals surface area contributed by atoms with Gasteiger partial charge in [-0.15, -0.1) is 23.1 Å². The molecule has 0 radical (unpaired) electrons. The van der Waals surface area contributed by atoms with Gasteiger partial charge in [0.25, 0.3) is 5.91 Å². The molecule has 1 aromatic carbocycles. The minimum atomic E-state index is -0.490. The summed E-state index contributed by atoms with van der Waals surface area (Å²) in [4.78, 5) is 34.6. The SMILES string of the molecule is Cc1csc(NC(=O)C2CSCN2C(=O)c2c[nH]c3ccccc23)n1. The third kappa shape index (κ3) is 3.03. The van der Waals surface area contributed by atoms with Gasteiger partial charge in [0.1, 0.15) is 6.04 Å². The van der Waals surface area contributed by atoms with Crippen molar-refractivity contribution in [3.8, 4) is 0 Å². The molecule has 3 heterocycles. The Morgan fingerprint density at radius 1 is 1.36 bits per heavy atom. The fraction of sp³-hybridized carbons (Fsp3) is 0.235. The van der Waals surface area contributed by atoms with E-state index in [1.807, 2.05) is 36.6 Å². The van der Waals surface area contributed by atoms with Gasteiger partial charge in [-0.2, -0.15) is 0 Å². The van der Waals surface area contributed by atoms with E-state index < -0.39 is 6.04 Å². The molecule has 3 aromatic rings. The molecule has 25 heavy (non-hydrogen) atoms. The monoisotopic (exact) mass is 372 g/mol. The number of carbonyl (C=O) groups excluding carboxylic acids is 2. The number of thiazole rings is 1. The lowest BCUT2D eigenvalue weighted by atomic mass is 10.1. The molecule has 128 valence electrons. The van der Waals surface area contributed by atoms with Gasteiger partial charge in [-0.3, -0.25) is 9.59 Å². The van der Waals surface area contributed by atoms with Gasteiger partial charge < -0.3 is 15.2 Å². The minimum Gasteiger partial charge on any atom is -0.360 e. The van der Waals surface area contributed by atoms with Crippen molar-refractivity contribution in [1.29, 1.82) is 0 Å². The zero-order valence-corrected chi connectivity index (χ0v) is 15.1. The van der Waals surface area contributed by atoms with Crippen molar-refractivity contribution in [2.45, 2.75) is 13.0 Å². The Morgan fingerprint density at radius 3 is 3.00 bits per heavy atom. The number of aryl methyl sites for hydroxylation is 1. The average Bonchev–Trinajstić information content (AvgIpc) is 3.33. The molecule has 2 aromatic heterocycles. The van der Waals surface area contributed by atoms with E-state index in [1.54, 1.807) is 22.9 Å². The minimum absolute atomic E-state index is 0.127. The summed E-state index contributed by atoms with van der Waals surface area (Å²) in [6, 6.07) is 7.18. The first-order valence-corrected chi connectivity index (χ1v) is 9.85. The lowest BCUT2D eigenvalue weighted by molar-refractivity contribution is -0.119. The Balaban J connectivity index is 1.56. The summed E-state index contributed by atoms with van der Waals surface area (Å²) in [6.07, 6.45) is 1.72. The quantitative estimate of drug-likeness (QED) is 0.741. The maximum Gasteiger partial charge on any atom is 0.257 e. The molecule has 0 bridgehead atoms. The second-order valence-corrected chi connectivity index (χ2v) is 7.68. The van der Waals surface area contributed by atoms with Gasteiger partial charge in [-0.25, -0.2) is 4.98 Å². The van der Waals surface area contributed by atoms with Gasteiger partial charge in [0.2, 0.25) is 5.91 Å². The number of amides is 2. The molecule has 1 aliphatic heterocycles. The van der Waals surface area contributed by atoms with Crippen molar-refractivity contribution in [3.05, 3.63) is 47.1 Å². The van der Waals surface area contributed by atoms with Crippen LogP contribution in [-0.2, 0) is 4.79 Å². The first kappa shape index (κ1) is 16.2. The van der Waals surface area contributed by atoms with Crippen LogP contribution in [0.15, 0.2) is 35.8 Å². The van der Waals surface area contributed by atoms with E-state index in [0.29, 0.717) is 22.3 Å². The number of nitrogens with one attached hydrogen (secondary N) is 2. The highest BCUT2D eigenvalue weighted by atomic mass is 32.2. The maximum absolute atomic E-state index is 13.0. The fourth-order valence-electron chi connectivity index (χ4n) is 2.86. The molecule has 2 amide bonds. The van der Waals surface area contributed by atoms with Gasteiger partial charge in [0.05, 0.1) is 17.1 Å². The normalized spacial score (nSPS) is 17.2. The van der Waals surface area contributed by atoms with E-state index >= 15 is 0 Å². The number of carbonyl (C=O) groups is 2. The number of thioether (sulfide) groups is 1. The van der Waals surface area contributed by atoms with Crippen LogP contribution in [0, 0.1) is 6.92 Å². The molecule has 1 aliphatic rings. The largest absolute Gasteiger partial charge is 0.360 e. The standard InChI is InChI=1S/C17H16N4O2S2/c1-10-7-25-17(19-10)20-15(22)14-8-24-9-21(14)16(23)12-6-18-13-5-3-2-4-11(12)13/h2-7,14,18H,8-9H2,1H3,(H,19,20,22). The third-order valence-corrected chi connectivity index (χ3v) is 6.00. The number of benzene rings is 1. The Labute approximate surface area is 152 Å². The van der Waals surface area contributed by atoms with Crippen molar-refractivity contribution in [2.75, 3.05) is 16.9 Å². The van der Waals surface area contributed by atoms with Crippen LogP contribution < -0.4 is 5.32 Å². The number of aromatic amines is 1. The Hall–Kier alpha value is -2.32. The highest BCUT2D eigenvalue weighted by molar-refractivity contribution is 7.99. The predicted octanol–water partition coefficient (Wildman–Crippen LogP) is 3.09. The number of nitrogens with zero attached hydrogens (tertiary/aromatic N) is 2. The Morgan fingerprint density at radius 2 is 2.20 bits per heavy atom. The zero-order valence-electron chi connectivity index (χ0n) is 13.5. The zero-order chi connectivity index (χ0) is 17.4. The van der Waals surface area contributed by atoms with E-state index in [2.05, 4.69) is 15.3 Å². The first-order chi connectivity index (χ1) is 12.1. The molecule has 0 aliphatic carbocycles. The molecule has 0 spiro atoms. The lowest BCUT2D eigenvalue weighted by Gasteiger charge is -2.22. The maximum atomic E-state index is 13.0. The molecule has 1 atom stereocenters.